The van der Waals surface area contributed by atoms with Crippen molar-refractivity contribution in [2.24, 2.45) is 11.3 Å². The summed E-state index contributed by atoms with van der Waals surface area (Å²) in [7, 11) is 0. The number of hydrogen-bond acceptors (Lipinski definition) is 2. The molecule has 1 heterocycles. The van der Waals surface area contributed by atoms with Gasteiger partial charge in [-0.25, -0.2) is 0 Å². The maximum atomic E-state index is 11.7. The zero-order valence-electron chi connectivity index (χ0n) is 11.3. The van der Waals surface area contributed by atoms with Crippen molar-refractivity contribution in [3.8, 4) is 0 Å². The second-order valence-corrected chi connectivity index (χ2v) is 6.04. The summed E-state index contributed by atoms with van der Waals surface area (Å²) in [5, 5.41) is 3.04. The van der Waals surface area contributed by atoms with E-state index in [1.54, 1.807) is 0 Å². The number of nitrogens with one attached hydrogen (secondary N) is 1. The molecule has 0 aromatic rings. The van der Waals surface area contributed by atoms with Gasteiger partial charge >= 0.3 is 0 Å². The first-order valence-corrected chi connectivity index (χ1v) is 6.37. The van der Waals surface area contributed by atoms with Crippen LogP contribution in [0.1, 0.15) is 41.0 Å². The third-order valence-corrected chi connectivity index (χ3v) is 3.43. The second kappa shape index (κ2) is 5.17. The lowest BCUT2D eigenvalue weighted by molar-refractivity contribution is -0.129. The molecule has 1 atom stereocenters. The third kappa shape index (κ3) is 3.48. The van der Waals surface area contributed by atoms with Crippen LogP contribution in [0.15, 0.2) is 0 Å². The van der Waals surface area contributed by atoms with Crippen LogP contribution in [0.3, 0.4) is 0 Å². The van der Waals surface area contributed by atoms with Crippen LogP contribution in [0.4, 0.5) is 0 Å². The highest BCUT2D eigenvalue weighted by Crippen LogP contribution is 2.20. The molecule has 1 fully saturated rings. The molecule has 0 saturated carbocycles. The van der Waals surface area contributed by atoms with Gasteiger partial charge in [0.15, 0.2) is 0 Å². The average Bonchev–Trinajstić information content (AvgIpc) is 2.12. The van der Waals surface area contributed by atoms with Gasteiger partial charge in [0, 0.05) is 37.0 Å². The number of carbonyl (C=O) groups excluding carboxylic acids is 1. The Kier molecular flexibility index (Phi) is 4.36. The van der Waals surface area contributed by atoms with Crippen LogP contribution < -0.4 is 5.32 Å². The topological polar surface area (TPSA) is 32.3 Å². The van der Waals surface area contributed by atoms with E-state index in [4.69, 9.17) is 0 Å². The zero-order valence-corrected chi connectivity index (χ0v) is 11.3. The molecule has 1 N–H and O–H groups in total. The highest BCUT2D eigenvalue weighted by Gasteiger charge is 2.30. The summed E-state index contributed by atoms with van der Waals surface area (Å²) in [5.41, 5.74) is -0.264. The van der Waals surface area contributed by atoms with Gasteiger partial charge < -0.3 is 5.32 Å². The Morgan fingerprint density at radius 2 is 2.00 bits per heavy atom. The van der Waals surface area contributed by atoms with Gasteiger partial charge in [-0.3, -0.25) is 9.69 Å². The summed E-state index contributed by atoms with van der Waals surface area (Å²) in [6, 6.07) is 0.689. The fraction of sp³-hybridized carbons (Fsp3) is 0.923. The molecule has 94 valence electrons. The van der Waals surface area contributed by atoms with Crippen LogP contribution >= 0.6 is 0 Å². The SMILES string of the molecule is CCC(C)N1CC(CNC(=O)C(C)(C)C)C1. The molecule has 1 saturated heterocycles. The molecule has 0 aromatic carbocycles. The van der Waals surface area contributed by atoms with Crippen LogP contribution in [0.5, 0.6) is 0 Å². The van der Waals surface area contributed by atoms with Crippen LogP contribution in [0.2, 0.25) is 0 Å². The monoisotopic (exact) mass is 226 g/mol. The van der Waals surface area contributed by atoms with Crippen molar-refractivity contribution in [1.82, 2.24) is 10.2 Å². The van der Waals surface area contributed by atoms with Crippen LogP contribution in [0.25, 0.3) is 0 Å². The Morgan fingerprint density at radius 3 is 2.44 bits per heavy atom. The molecule has 1 aliphatic heterocycles. The maximum absolute atomic E-state index is 11.7. The highest BCUT2D eigenvalue weighted by molar-refractivity contribution is 5.81. The lowest BCUT2D eigenvalue weighted by atomic mass is 9.93. The van der Waals surface area contributed by atoms with Crippen molar-refractivity contribution in [3.05, 3.63) is 0 Å². The lowest BCUT2D eigenvalue weighted by Crippen LogP contribution is -2.55. The van der Waals surface area contributed by atoms with Crippen molar-refractivity contribution < 1.29 is 4.79 Å². The first-order valence-electron chi connectivity index (χ1n) is 6.37. The number of rotatable bonds is 4. The molecule has 0 spiro atoms. The molecule has 0 aliphatic carbocycles. The molecule has 1 unspecified atom stereocenters. The molecule has 1 aliphatic rings. The molecule has 3 heteroatoms. The highest BCUT2D eigenvalue weighted by atomic mass is 16.2. The van der Waals surface area contributed by atoms with E-state index in [-0.39, 0.29) is 11.3 Å². The van der Waals surface area contributed by atoms with Crippen LogP contribution in [-0.4, -0.2) is 36.5 Å². The van der Waals surface area contributed by atoms with Crippen LogP contribution in [0, 0.1) is 11.3 Å². The lowest BCUT2D eigenvalue weighted by Gasteiger charge is -2.43. The van der Waals surface area contributed by atoms with E-state index in [1.807, 2.05) is 20.8 Å². The standard InChI is InChI=1S/C13H26N2O/c1-6-10(2)15-8-11(9-15)7-14-12(16)13(3,4)5/h10-11H,6-9H2,1-5H3,(H,14,16). The van der Waals surface area contributed by atoms with Crippen molar-refractivity contribution in [2.45, 2.75) is 47.1 Å². The van der Waals surface area contributed by atoms with Gasteiger partial charge in [0.25, 0.3) is 0 Å². The van der Waals surface area contributed by atoms with Gasteiger partial charge in [-0.1, -0.05) is 27.7 Å². The van der Waals surface area contributed by atoms with Gasteiger partial charge in [-0.05, 0) is 13.3 Å². The third-order valence-electron chi connectivity index (χ3n) is 3.43. The summed E-state index contributed by atoms with van der Waals surface area (Å²) in [4.78, 5) is 14.1. The summed E-state index contributed by atoms with van der Waals surface area (Å²) in [5.74, 6) is 0.815. The summed E-state index contributed by atoms with van der Waals surface area (Å²) >= 11 is 0. The molecule has 0 bridgehead atoms. The predicted octanol–water partition coefficient (Wildman–Crippen LogP) is 1.88. The van der Waals surface area contributed by atoms with E-state index >= 15 is 0 Å². The molecule has 3 nitrogen and oxygen atoms in total. The number of likely N-dealkylation sites (tertiary alicyclic amines) is 1. The van der Waals surface area contributed by atoms with Gasteiger partial charge in [-0.15, -0.1) is 0 Å². The molecular weight excluding hydrogens is 200 g/mol. The Hall–Kier alpha value is -0.570. The molecule has 0 radical (unpaired) electrons. The fourth-order valence-electron chi connectivity index (χ4n) is 1.86. The molecule has 0 aromatic heterocycles. The second-order valence-electron chi connectivity index (χ2n) is 6.04. The van der Waals surface area contributed by atoms with Crippen LogP contribution in [-0.2, 0) is 4.79 Å². The Bertz CT molecular complexity index is 239. The number of amides is 1. The summed E-state index contributed by atoms with van der Waals surface area (Å²) in [6.07, 6.45) is 1.21. The van der Waals surface area contributed by atoms with Crippen molar-refractivity contribution in [1.29, 1.82) is 0 Å². The minimum atomic E-state index is -0.264. The quantitative estimate of drug-likeness (QED) is 0.794. The molecular formula is C13H26N2O. The summed E-state index contributed by atoms with van der Waals surface area (Å²) < 4.78 is 0. The first-order chi connectivity index (χ1) is 7.34. The predicted molar refractivity (Wildman–Crippen MR) is 67.3 cm³/mol. The van der Waals surface area contributed by atoms with Gasteiger partial charge in [-0.2, -0.15) is 0 Å². The van der Waals surface area contributed by atoms with Crippen molar-refractivity contribution >= 4 is 5.91 Å². The van der Waals surface area contributed by atoms with E-state index in [9.17, 15) is 4.79 Å². The largest absolute Gasteiger partial charge is 0.355 e. The van der Waals surface area contributed by atoms with Crippen molar-refractivity contribution in [3.63, 3.8) is 0 Å². The minimum Gasteiger partial charge on any atom is -0.355 e. The summed E-state index contributed by atoms with van der Waals surface area (Å²) in [6.45, 7) is 13.5. The van der Waals surface area contributed by atoms with Gasteiger partial charge in [0.2, 0.25) is 5.91 Å². The first kappa shape index (κ1) is 13.5. The Balaban J connectivity index is 2.17. The average molecular weight is 226 g/mol. The zero-order chi connectivity index (χ0) is 12.3. The van der Waals surface area contributed by atoms with E-state index in [1.165, 1.54) is 6.42 Å². The molecule has 1 rings (SSSR count). The maximum Gasteiger partial charge on any atom is 0.225 e. The van der Waals surface area contributed by atoms with E-state index in [0.29, 0.717) is 12.0 Å². The smallest absolute Gasteiger partial charge is 0.225 e. The minimum absolute atomic E-state index is 0.162. The van der Waals surface area contributed by atoms with Gasteiger partial charge in [0.1, 0.15) is 0 Å². The Labute approximate surface area is 99.6 Å². The van der Waals surface area contributed by atoms with Gasteiger partial charge in [0.05, 0.1) is 0 Å². The fourth-order valence-corrected chi connectivity index (χ4v) is 1.86. The molecule has 16 heavy (non-hydrogen) atoms. The van der Waals surface area contributed by atoms with E-state index < -0.39 is 0 Å². The van der Waals surface area contributed by atoms with Crippen molar-refractivity contribution in [2.75, 3.05) is 19.6 Å². The molecule has 1 amide bonds. The normalized spacial score (nSPS) is 20.3. The Morgan fingerprint density at radius 1 is 1.44 bits per heavy atom. The van der Waals surface area contributed by atoms with E-state index in [0.717, 1.165) is 19.6 Å². The van der Waals surface area contributed by atoms with E-state index in [2.05, 4.69) is 24.1 Å². The number of nitrogens with zero attached hydrogens (tertiary/aromatic N) is 1. The number of hydrogen-bond donors (Lipinski definition) is 1. The number of carbonyl (C=O) groups is 1.